The number of benzene rings is 2. The van der Waals surface area contributed by atoms with E-state index >= 15 is 0 Å². The number of nitrogens with zero attached hydrogens (tertiary/aromatic N) is 3. The molecule has 0 saturated carbocycles. The molecule has 1 aromatic heterocycles. The zero-order chi connectivity index (χ0) is 19.6. The summed E-state index contributed by atoms with van der Waals surface area (Å²) < 4.78 is 1.27. The number of thioether (sulfide) groups is 1. The molecule has 1 heterocycles. The number of nitrogens with one attached hydrogen (secondary N) is 1. The van der Waals surface area contributed by atoms with Crippen molar-refractivity contribution in [3.63, 3.8) is 0 Å². The summed E-state index contributed by atoms with van der Waals surface area (Å²) in [6, 6.07) is 10.1. The SMILES string of the molecule is Cc1[nH]n(-c2c(Cl)cc(Cl)cc2Cl)c(=O)c1C=Nc1ccc(SC#N)cc1. The van der Waals surface area contributed by atoms with Crippen LogP contribution in [0.5, 0.6) is 0 Å². The van der Waals surface area contributed by atoms with Crippen LogP contribution in [0, 0.1) is 17.6 Å². The first-order chi connectivity index (χ1) is 12.9. The van der Waals surface area contributed by atoms with Crippen molar-refractivity contribution in [1.29, 1.82) is 5.26 Å². The van der Waals surface area contributed by atoms with Crippen LogP contribution < -0.4 is 5.56 Å². The molecule has 1 N–H and O–H groups in total. The fourth-order valence-corrected chi connectivity index (χ4v) is 3.77. The van der Waals surface area contributed by atoms with Gasteiger partial charge in [0, 0.05) is 21.8 Å². The van der Waals surface area contributed by atoms with Gasteiger partial charge in [-0.3, -0.25) is 14.9 Å². The Balaban J connectivity index is 1.98. The largest absolute Gasteiger partial charge is 0.295 e. The number of aryl methyl sites for hydroxylation is 1. The van der Waals surface area contributed by atoms with Gasteiger partial charge in [-0.05, 0) is 55.1 Å². The average molecular weight is 438 g/mol. The molecule has 0 radical (unpaired) electrons. The summed E-state index contributed by atoms with van der Waals surface area (Å²) in [5.74, 6) is 0. The Bertz CT molecular complexity index is 1100. The van der Waals surface area contributed by atoms with Gasteiger partial charge >= 0.3 is 0 Å². The Morgan fingerprint density at radius 2 is 1.81 bits per heavy atom. The van der Waals surface area contributed by atoms with Crippen molar-refractivity contribution in [2.24, 2.45) is 4.99 Å². The van der Waals surface area contributed by atoms with Crippen molar-refractivity contribution >= 4 is 58.5 Å². The van der Waals surface area contributed by atoms with Crippen molar-refractivity contribution in [2.75, 3.05) is 0 Å². The monoisotopic (exact) mass is 436 g/mol. The summed E-state index contributed by atoms with van der Waals surface area (Å²) in [5.41, 5.74) is 1.65. The van der Waals surface area contributed by atoms with Gasteiger partial charge in [0.15, 0.2) is 0 Å². The number of hydrogen-bond acceptors (Lipinski definition) is 4. The van der Waals surface area contributed by atoms with Crippen molar-refractivity contribution in [3.8, 4) is 11.1 Å². The normalized spacial score (nSPS) is 11.1. The fourth-order valence-electron chi connectivity index (χ4n) is 2.41. The van der Waals surface area contributed by atoms with Gasteiger partial charge in [-0.25, -0.2) is 4.68 Å². The van der Waals surface area contributed by atoms with E-state index in [2.05, 4.69) is 10.1 Å². The Hall–Kier alpha value is -2.17. The molecular formula is C18H11Cl3N4OS. The maximum atomic E-state index is 12.8. The molecule has 9 heteroatoms. The lowest BCUT2D eigenvalue weighted by molar-refractivity contribution is 0.835. The first-order valence-electron chi connectivity index (χ1n) is 7.57. The minimum absolute atomic E-state index is 0.255. The molecule has 0 spiro atoms. The van der Waals surface area contributed by atoms with Crippen LogP contribution in [0.1, 0.15) is 11.3 Å². The number of H-pyrrole nitrogens is 1. The highest BCUT2D eigenvalue weighted by Crippen LogP contribution is 2.31. The van der Waals surface area contributed by atoms with Gasteiger partial charge < -0.3 is 0 Å². The molecule has 0 saturated heterocycles. The fraction of sp³-hybridized carbons (Fsp3) is 0.0556. The first kappa shape index (κ1) is 19.6. The summed E-state index contributed by atoms with van der Waals surface area (Å²) in [7, 11) is 0. The molecule has 0 bridgehead atoms. The summed E-state index contributed by atoms with van der Waals surface area (Å²) in [6.07, 6.45) is 1.48. The quantitative estimate of drug-likeness (QED) is 0.320. The molecular weight excluding hydrogens is 427 g/mol. The van der Waals surface area contributed by atoms with E-state index in [1.54, 1.807) is 31.2 Å². The van der Waals surface area contributed by atoms with Crippen molar-refractivity contribution < 1.29 is 0 Å². The van der Waals surface area contributed by atoms with Crippen molar-refractivity contribution in [3.05, 3.63) is 73.1 Å². The van der Waals surface area contributed by atoms with Gasteiger partial charge in [0.05, 0.1) is 21.3 Å². The minimum atomic E-state index is -0.334. The minimum Gasteiger partial charge on any atom is -0.295 e. The maximum Gasteiger partial charge on any atom is 0.280 e. The molecule has 0 aliphatic carbocycles. The third-order valence-electron chi connectivity index (χ3n) is 3.67. The average Bonchev–Trinajstić information content (AvgIpc) is 2.88. The van der Waals surface area contributed by atoms with Crippen molar-refractivity contribution in [2.45, 2.75) is 11.8 Å². The number of halogens is 3. The van der Waals surface area contributed by atoms with Crippen LogP contribution >= 0.6 is 46.6 Å². The number of aromatic nitrogens is 2. The van der Waals surface area contributed by atoms with Crippen LogP contribution in [0.2, 0.25) is 15.1 Å². The van der Waals surface area contributed by atoms with E-state index in [1.807, 2.05) is 5.40 Å². The Kier molecular flexibility index (Phi) is 5.98. The molecule has 27 heavy (non-hydrogen) atoms. The van der Waals surface area contributed by atoms with Crippen LogP contribution in [-0.4, -0.2) is 16.0 Å². The topological polar surface area (TPSA) is 73.9 Å². The van der Waals surface area contributed by atoms with E-state index in [0.29, 0.717) is 27.7 Å². The molecule has 3 rings (SSSR count). The first-order valence-corrected chi connectivity index (χ1v) is 9.52. The predicted octanol–water partition coefficient (Wildman–Crippen LogP) is 5.76. The Morgan fingerprint density at radius 3 is 2.41 bits per heavy atom. The molecule has 0 atom stereocenters. The van der Waals surface area contributed by atoms with Gasteiger partial charge in [0.2, 0.25) is 0 Å². The molecule has 0 fully saturated rings. The Labute approximate surface area is 174 Å². The third-order valence-corrected chi connectivity index (χ3v) is 5.06. The number of aromatic amines is 1. The lowest BCUT2D eigenvalue weighted by Crippen LogP contribution is -2.18. The van der Waals surface area contributed by atoms with Crippen LogP contribution in [0.15, 0.2) is 51.1 Å². The van der Waals surface area contributed by atoms with Crippen LogP contribution in [0.3, 0.4) is 0 Å². The molecule has 0 aliphatic rings. The maximum absolute atomic E-state index is 12.8. The van der Waals surface area contributed by atoms with Gasteiger partial charge in [-0.15, -0.1) is 0 Å². The second-order valence-electron chi connectivity index (χ2n) is 5.45. The van der Waals surface area contributed by atoms with E-state index < -0.39 is 0 Å². The molecule has 3 aromatic rings. The lowest BCUT2D eigenvalue weighted by Gasteiger charge is -2.07. The second kappa shape index (κ2) is 8.24. The second-order valence-corrected chi connectivity index (χ2v) is 7.56. The third kappa shape index (κ3) is 4.23. The van der Waals surface area contributed by atoms with E-state index in [1.165, 1.54) is 23.0 Å². The van der Waals surface area contributed by atoms with Crippen LogP contribution in [0.4, 0.5) is 5.69 Å². The number of rotatable bonds is 4. The van der Waals surface area contributed by atoms with Crippen LogP contribution in [-0.2, 0) is 0 Å². The molecule has 5 nitrogen and oxygen atoms in total. The predicted molar refractivity (Wildman–Crippen MR) is 111 cm³/mol. The lowest BCUT2D eigenvalue weighted by atomic mass is 10.2. The van der Waals surface area contributed by atoms with Gasteiger partial charge in [-0.1, -0.05) is 34.8 Å². The number of aliphatic imine (C=N–C) groups is 1. The summed E-state index contributed by atoms with van der Waals surface area (Å²) in [5, 5.41) is 14.5. The molecule has 0 unspecified atom stereocenters. The zero-order valence-electron chi connectivity index (χ0n) is 13.8. The zero-order valence-corrected chi connectivity index (χ0v) is 16.9. The highest BCUT2D eigenvalue weighted by Gasteiger charge is 2.16. The van der Waals surface area contributed by atoms with Gasteiger partial charge in [0.25, 0.3) is 5.56 Å². The van der Waals surface area contributed by atoms with E-state index in [4.69, 9.17) is 40.1 Å². The van der Waals surface area contributed by atoms with Gasteiger partial charge in [0.1, 0.15) is 11.1 Å². The Morgan fingerprint density at radius 1 is 1.19 bits per heavy atom. The smallest absolute Gasteiger partial charge is 0.280 e. The van der Waals surface area contributed by atoms with Gasteiger partial charge in [-0.2, -0.15) is 5.26 Å². The number of thiocyanates is 1. The number of nitriles is 1. The van der Waals surface area contributed by atoms with Crippen LogP contribution in [0.25, 0.3) is 5.69 Å². The van der Waals surface area contributed by atoms with E-state index in [-0.39, 0.29) is 15.6 Å². The van der Waals surface area contributed by atoms with Crippen molar-refractivity contribution in [1.82, 2.24) is 9.78 Å². The number of hydrogen-bond donors (Lipinski definition) is 1. The summed E-state index contributed by atoms with van der Waals surface area (Å²) in [4.78, 5) is 17.9. The molecule has 0 amide bonds. The highest BCUT2D eigenvalue weighted by molar-refractivity contribution is 8.03. The van der Waals surface area contributed by atoms with E-state index in [9.17, 15) is 4.79 Å². The summed E-state index contributed by atoms with van der Waals surface area (Å²) in [6.45, 7) is 1.75. The summed E-state index contributed by atoms with van der Waals surface area (Å²) >= 11 is 19.4. The molecule has 0 aliphatic heterocycles. The highest BCUT2D eigenvalue weighted by atomic mass is 35.5. The molecule has 2 aromatic carbocycles. The standard InChI is InChI=1S/C18H11Cl3N4OS/c1-10-14(8-23-12-2-4-13(5-3-12)27-9-22)18(26)25(24-10)17-15(20)6-11(19)7-16(17)21/h2-8,24H,1H3. The molecule has 136 valence electrons. The van der Waals surface area contributed by atoms with E-state index in [0.717, 1.165) is 16.7 Å².